The average molecular weight is 358 g/mol. The van der Waals surface area contributed by atoms with E-state index in [4.69, 9.17) is 0 Å². The van der Waals surface area contributed by atoms with Crippen molar-refractivity contribution < 1.29 is 0 Å². The fourth-order valence-electron chi connectivity index (χ4n) is 3.36. The number of hydrogen-bond donors (Lipinski definition) is 1. The van der Waals surface area contributed by atoms with Gasteiger partial charge in [-0.1, -0.05) is 27.2 Å². The molecule has 1 aliphatic rings. The van der Waals surface area contributed by atoms with Crippen LogP contribution in [0.2, 0.25) is 0 Å². The van der Waals surface area contributed by atoms with Gasteiger partial charge in [-0.05, 0) is 84.1 Å². The molecule has 0 saturated heterocycles. The van der Waals surface area contributed by atoms with Gasteiger partial charge in [-0.2, -0.15) is 0 Å². The van der Waals surface area contributed by atoms with E-state index in [1.807, 2.05) is 11.3 Å². The quantitative estimate of drug-likeness (QED) is 0.723. The highest BCUT2D eigenvalue weighted by Gasteiger charge is 2.28. The molecule has 1 heterocycles. The van der Waals surface area contributed by atoms with Crippen LogP contribution in [0.25, 0.3) is 0 Å². The molecule has 0 aliphatic heterocycles. The molecule has 1 aromatic heterocycles. The zero-order chi connectivity index (χ0) is 14.5. The summed E-state index contributed by atoms with van der Waals surface area (Å²) in [6.45, 7) is 9.37. The first-order valence-electron chi connectivity index (χ1n) is 7.99. The first kappa shape index (κ1) is 16.5. The highest BCUT2D eigenvalue weighted by Crippen LogP contribution is 2.37. The second-order valence-corrected chi connectivity index (χ2v) is 9.45. The molecule has 2 rings (SSSR count). The molecule has 20 heavy (non-hydrogen) atoms. The molecular formula is C17H28BrNS. The predicted octanol–water partition coefficient (Wildman–Crippen LogP) is 5.35. The monoisotopic (exact) mass is 357 g/mol. The second kappa shape index (κ2) is 7.95. The topological polar surface area (TPSA) is 12.0 Å². The van der Waals surface area contributed by atoms with E-state index >= 15 is 0 Å². The van der Waals surface area contributed by atoms with Crippen molar-refractivity contribution in [2.75, 3.05) is 13.1 Å². The fourth-order valence-corrected chi connectivity index (χ4v) is 4.93. The molecule has 3 heteroatoms. The molecule has 0 bridgehead atoms. The Bertz CT molecular complexity index is 401. The summed E-state index contributed by atoms with van der Waals surface area (Å²) in [4.78, 5) is 1.55. The van der Waals surface area contributed by atoms with Crippen LogP contribution in [0, 0.1) is 23.7 Å². The molecule has 1 fully saturated rings. The van der Waals surface area contributed by atoms with Crippen molar-refractivity contribution in [1.29, 1.82) is 0 Å². The largest absolute Gasteiger partial charge is 0.316 e. The molecular weight excluding hydrogens is 330 g/mol. The molecule has 1 aliphatic carbocycles. The van der Waals surface area contributed by atoms with Gasteiger partial charge in [0.05, 0.1) is 3.79 Å². The van der Waals surface area contributed by atoms with Gasteiger partial charge in [0.2, 0.25) is 0 Å². The van der Waals surface area contributed by atoms with Gasteiger partial charge in [0.25, 0.3) is 0 Å². The van der Waals surface area contributed by atoms with Crippen LogP contribution >= 0.6 is 27.3 Å². The van der Waals surface area contributed by atoms with Gasteiger partial charge in [0.15, 0.2) is 0 Å². The average Bonchev–Trinajstić information content (AvgIpc) is 2.77. The predicted molar refractivity (Wildman–Crippen MR) is 93.4 cm³/mol. The normalized spacial score (nSPS) is 27.1. The number of nitrogens with one attached hydrogen (secondary N) is 1. The maximum Gasteiger partial charge on any atom is 0.0701 e. The Labute approximate surface area is 136 Å². The zero-order valence-corrected chi connectivity index (χ0v) is 15.4. The summed E-state index contributed by atoms with van der Waals surface area (Å²) in [6.07, 6.45) is 5.50. The molecule has 0 spiro atoms. The fraction of sp³-hybridized carbons (Fsp3) is 0.765. The highest BCUT2D eigenvalue weighted by atomic mass is 79.9. The Morgan fingerprint density at radius 1 is 1.30 bits per heavy atom. The molecule has 0 aromatic carbocycles. The van der Waals surface area contributed by atoms with Crippen molar-refractivity contribution in [3.05, 3.63) is 20.8 Å². The smallest absolute Gasteiger partial charge is 0.0701 e. The van der Waals surface area contributed by atoms with E-state index in [2.05, 4.69) is 54.2 Å². The van der Waals surface area contributed by atoms with Crippen molar-refractivity contribution in [3.63, 3.8) is 0 Å². The van der Waals surface area contributed by atoms with Crippen LogP contribution in [0.4, 0.5) is 0 Å². The van der Waals surface area contributed by atoms with Gasteiger partial charge in [0, 0.05) is 4.88 Å². The van der Waals surface area contributed by atoms with Gasteiger partial charge in [-0.25, -0.2) is 0 Å². The van der Waals surface area contributed by atoms with Crippen molar-refractivity contribution in [3.8, 4) is 0 Å². The van der Waals surface area contributed by atoms with E-state index in [9.17, 15) is 0 Å². The minimum Gasteiger partial charge on any atom is -0.316 e. The van der Waals surface area contributed by atoms with Gasteiger partial charge in [0.1, 0.15) is 0 Å². The number of halogens is 1. The Kier molecular flexibility index (Phi) is 6.57. The highest BCUT2D eigenvalue weighted by molar-refractivity contribution is 9.11. The number of thiophene rings is 1. The number of hydrogen-bond acceptors (Lipinski definition) is 2. The molecule has 1 saturated carbocycles. The van der Waals surface area contributed by atoms with Crippen LogP contribution in [-0.2, 0) is 6.42 Å². The van der Waals surface area contributed by atoms with Gasteiger partial charge >= 0.3 is 0 Å². The van der Waals surface area contributed by atoms with Crippen LogP contribution in [0.5, 0.6) is 0 Å². The Balaban J connectivity index is 1.90. The number of rotatable bonds is 6. The van der Waals surface area contributed by atoms with E-state index in [0.717, 1.165) is 30.2 Å². The second-order valence-electron chi connectivity index (χ2n) is 6.90. The Morgan fingerprint density at radius 3 is 2.75 bits per heavy atom. The molecule has 0 radical (unpaired) electrons. The molecule has 3 atom stereocenters. The lowest BCUT2D eigenvalue weighted by Crippen LogP contribution is -2.35. The van der Waals surface area contributed by atoms with Gasteiger partial charge in [-0.15, -0.1) is 11.3 Å². The summed E-state index contributed by atoms with van der Waals surface area (Å²) in [5, 5.41) is 3.68. The Hall–Kier alpha value is 0.140. The standard InChI is InChI=1S/C17H28BrNS/c1-12(2)10-19-11-14-5-4-13(3)8-15(14)9-16-6-7-17(18)20-16/h6-7,12-15,19H,4-5,8-11H2,1-3H3. The summed E-state index contributed by atoms with van der Waals surface area (Å²) < 4.78 is 1.27. The summed E-state index contributed by atoms with van der Waals surface area (Å²) in [7, 11) is 0. The van der Waals surface area contributed by atoms with Crippen LogP contribution in [-0.4, -0.2) is 13.1 Å². The molecule has 1 nitrogen and oxygen atoms in total. The van der Waals surface area contributed by atoms with Gasteiger partial charge in [-0.3, -0.25) is 0 Å². The van der Waals surface area contributed by atoms with Crippen molar-refractivity contribution >= 4 is 27.3 Å². The van der Waals surface area contributed by atoms with Crippen LogP contribution in [0.3, 0.4) is 0 Å². The van der Waals surface area contributed by atoms with Crippen LogP contribution in [0.1, 0.15) is 44.9 Å². The lowest BCUT2D eigenvalue weighted by Gasteiger charge is -2.35. The third kappa shape index (κ3) is 5.16. The van der Waals surface area contributed by atoms with E-state index in [1.54, 1.807) is 4.88 Å². The van der Waals surface area contributed by atoms with Crippen molar-refractivity contribution in [2.24, 2.45) is 23.7 Å². The third-order valence-electron chi connectivity index (χ3n) is 4.45. The van der Waals surface area contributed by atoms with E-state index in [-0.39, 0.29) is 0 Å². The lowest BCUT2D eigenvalue weighted by molar-refractivity contribution is 0.183. The summed E-state index contributed by atoms with van der Waals surface area (Å²) >= 11 is 5.50. The maximum atomic E-state index is 3.68. The summed E-state index contributed by atoms with van der Waals surface area (Å²) in [5.41, 5.74) is 0. The molecule has 0 amide bonds. The van der Waals surface area contributed by atoms with Crippen LogP contribution < -0.4 is 5.32 Å². The summed E-state index contributed by atoms with van der Waals surface area (Å²) in [6, 6.07) is 4.49. The van der Waals surface area contributed by atoms with Crippen molar-refractivity contribution in [2.45, 2.75) is 46.5 Å². The molecule has 3 unspecified atom stereocenters. The minimum atomic E-state index is 0.754. The summed E-state index contributed by atoms with van der Waals surface area (Å²) in [5.74, 6) is 3.39. The third-order valence-corrected chi connectivity index (χ3v) is 6.10. The van der Waals surface area contributed by atoms with E-state index < -0.39 is 0 Å². The van der Waals surface area contributed by atoms with Gasteiger partial charge < -0.3 is 5.32 Å². The molecule has 1 N–H and O–H groups in total. The lowest BCUT2D eigenvalue weighted by atomic mass is 9.73. The van der Waals surface area contributed by atoms with Crippen molar-refractivity contribution in [1.82, 2.24) is 5.32 Å². The minimum absolute atomic E-state index is 0.754. The zero-order valence-electron chi connectivity index (χ0n) is 13.0. The van der Waals surface area contributed by atoms with E-state index in [1.165, 1.54) is 36.0 Å². The maximum absolute atomic E-state index is 3.68. The first-order chi connectivity index (χ1) is 9.54. The SMILES string of the molecule is CC(C)CNCC1CCC(C)CC1Cc1ccc(Br)s1. The molecule has 1 aromatic rings. The first-order valence-corrected chi connectivity index (χ1v) is 9.60. The van der Waals surface area contributed by atoms with Crippen LogP contribution in [0.15, 0.2) is 15.9 Å². The molecule has 114 valence electrons. The Morgan fingerprint density at radius 2 is 2.10 bits per heavy atom. The van der Waals surface area contributed by atoms with E-state index in [0.29, 0.717) is 0 Å².